The van der Waals surface area contributed by atoms with E-state index in [2.05, 4.69) is 4.99 Å². The molecule has 0 N–H and O–H groups in total. The minimum atomic E-state index is -4.42. The molecule has 0 spiro atoms. The fourth-order valence-corrected chi connectivity index (χ4v) is 3.04. The van der Waals surface area contributed by atoms with Crippen molar-refractivity contribution in [1.82, 2.24) is 0 Å². The smallest absolute Gasteiger partial charge is 0.381 e. The second-order valence-electron chi connectivity index (χ2n) is 6.22. The van der Waals surface area contributed by atoms with Crippen LogP contribution in [-0.2, 0) is 15.7 Å². The Kier molecular flexibility index (Phi) is 5.91. The van der Waals surface area contributed by atoms with Gasteiger partial charge in [-0.1, -0.05) is 24.3 Å². The third-order valence-corrected chi connectivity index (χ3v) is 4.44. The predicted molar refractivity (Wildman–Crippen MR) is 97.5 cm³/mol. The lowest BCUT2D eigenvalue weighted by Crippen LogP contribution is -2.39. The molecule has 0 aliphatic carbocycles. The first-order chi connectivity index (χ1) is 13.0. The highest BCUT2D eigenvalue weighted by Gasteiger charge is 2.30. The number of amides is 1. The summed E-state index contributed by atoms with van der Waals surface area (Å²) in [6.45, 7) is 1.19. The quantitative estimate of drug-likeness (QED) is 0.565. The molecule has 4 nitrogen and oxygen atoms in total. The Morgan fingerprint density at radius 1 is 1.07 bits per heavy atom. The normalized spacial score (nSPS) is 15.8. The monoisotopic (exact) mass is 376 g/mol. The summed E-state index contributed by atoms with van der Waals surface area (Å²) in [5.74, 6) is 0. The van der Waals surface area contributed by atoms with Crippen LogP contribution in [0.2, 0.25) is 0 Å². The lowest BCUT2D eigenvalue weighted by Gasteiger charge is -2.32. The summed E-state index contributed by atoms with van der Waals surface area (Å²) in [6.07, 6.45) is -0.677. The highest BCUT2D eigenvalue weighted by molar-refractivity contribution is 5.93. The molecule has 1 fully saturated rings. The number of alkyl halides is 3. The number of para-hydroxylation sites is 1. The molecular formula is C20H19F3N2O2. The van der Waals surface area contributed by atoms with Gasteiger partial charge in [0.05, 0.1) is 16.9 Å². The average Bonchev–Trinajstić information content (AvgIpc) is 2.68. The van der Waals surface area contributed by atoms with E-state index >= 15 is 0 Å². The third-order valence-electron chi connectivity index (χ3n) is 4.44. The summed E-state index contributed by atoms with van der Waals surface area (Å²) in [5, 5.41) is 0. The molecule has 0 radical (unpaired) electrons. The number of rotatable bonds is 5. The number of carbonyl (C=O) groups excluding carboxylic acids is 1. The Bertz CT molecular complexity index is 815. The number of nitrogens with zero attached hydrogens (tertiary/aromatic N) is 2. The summed E-state index contributed by atoms with van der Waals surface area (Å²) in [7, 11) is 0. The van der Waals surface area contributed by atoms with E-state index in [1.165, 1.54) is 18.3 Å². The molecule has 1 heterocycles. The van der Waals surface area contributed by atoms with Crippen molar-refractivity contribution >= 4 is 24.0 Å². The van der Waals surface area contributed by atoms with Crippen molar-refractivity contribution in [3.63, 3.8) is 0 Å². The van der Waals surface area contributed by atoms with Crippen LogP contribution in [0.5, 0.6) is 0 Å². The number of ether oxygens (including phenoxy) is 1. The Balaban J connectivity index is 1.87. The van der Waals surface area contributed by atoms with Gasteiger partial charge in [0.15, 0.2) is 0 Å². The lowest BCUT2D eigenvalue weighted by molar-refractivity contribution is -0.137. The number of hydrogen-bond donors (Lipinski definition) is 0. The molecule has 1 amide bonds. The van der Waals surface area contributed by atoms with Crippen LogP contribution in [0.1, 0.15) is 24.0 Å². The Morgan fingerprint density at radius 3 is 2.52 bits per heavy atom. The van der Waals surface area contributed by atoms with Gasteiger partial charge < -0.3 is 9.64 Å². The van der Waals surface area contributed by atoms with Crippen LogP contribution < -0.4 is 4.90 Å². The zero-order chi connectivity index (χ0) is 19.3. The van der Waals surface area contributed by atoms with Gasteiger partial charge in [-0.25, -0.2) is 0 Å². The number of halogens is 3. The molecular weight excluding hydrogens is 357 g/mol. The minimum Gasteiger partial charge on any atom is -0.381 e. The van der Waals surface area contributed by atoms with Crippen LogP contribution in [0.15, 0.2) is 53.5 Å². The fourth-order valence-electron chi connectivity index (χ4n) is 3.04. The van der Waals surface area contributed by atoms with E-state index in [9.17, 15) is 18.0 Å². The van der Waals surface area contributed by atoms with Crippen LogP contribution in [0.25, 0.3) is 0 Å². The molecule has 2 aromatic carbocycles. The van der Waals surface area contributed by atoms with Crippen molar-refractivity contribution in [1.29, 1.82) is 0 Å². The van der Waals surface area contributed by atoms with Gasteiger partial charge in [-0.05, 0) is 37.1 Å². The van der Waals surface area contributed by atoms with E-state index < -0.39 is 11.7 Å². The zero-order valence-electron chi connectivity index (χ0n) is 14.5. The molecule has 0 atom stereocenters. The molecule has 0 bridgehead atoms. The SMILES string of the molecule is O=CN(c1ccccc1C=Nc1cccc(C(F)(F)F)c1)C1CCOCC1. The second kappa shape index (κ2) is 8.35. The van der Waals surface area contributed by atoms with Crippen LogP contribution >= 0.6 is 0 Å². The number of anilines is 1. The first kappa shape index (κ1) is 19.1. The summed E-state index contributed by atoms with van der Waals surface area (Å²) in [4.78, 5) is 17.5. The van der Waals surface area contributed by atoms with Crippen LogP contribution in [0.3, 0.4) is 0 Å². The van der Waals surface area contributed by atoms with Crippen LogP contribution in [-0.4, -0.2) is 31.9 Å². The van der Waals surface area contributed by atoms with Gasteiger partial charge in [-0.3, -0.25) is 9.79 Å². The molecule has 2 aromatic rings. The summed E-state index contributed by atoms with van der Waals surface area (Å²) >= 11 is 0. The first-order valence-corrected chi connectivity index (χ1v) is 8.61. The standard InChI is InChI=1S/C20H19F3N2O2/c21-20(22,23)16-5-3-6-17(12-16)24-13-15-4-1-2-7-19(15)25(14-26)18-8-10-27-11-9-18/h1-7,12-14,18H,8-11H2. The maximum absolute atomic E-state index is 12.8. The third kappa shape index (κ3) is 4.74. The highest BCUT2D eigenvalue weighted by Crippen LogP contribution is 2.31. The van der Waals surface area contributed by atoms with Gasteiger partial charge in [0, 0.05) is 31.0 Å². The van der Waals surface area contributed by atoms with Gasteiger partial charge in [0.25, 0.3) is 0 Å². The van der Waals surface area contributed by atoms with Gasteiger partial charge in [-0.2, -0.15) is 13.2 Å². The molecule has 0 unspecified atom stereocenters. The zero-order valence-corrected chi connectivity index (χ0v) is 14.5. The molecule has 1 saturated heterocycles. The van der Waals surface area contributed by atoms with E-state index in [1.54, 1.807) is 23.1 Å². The fraction of sp³-hybridized carbons (Fsp3) is 0.300. The lowest BCUT2D eigenvalue weighted by atomic mass is 10.1. The summed E-state index contributed by atoms with van der Waals surface area (Å²) in [5.41, 5.74) is 0.786. The molecule has 1 aliphatic heterocycles. The largest absolute Gasteiger partial charge is 0.416 e. The van der Waals surface area contributed by atoms with E-state index in [0.29, 0.717) is 24.5 Å². The second-order valence-corrected chi connectivity index (χ2v) is 6.22. The minimum absolute atomic E-state index is 0.0272. The maximum atomic E-state index is 12.8. The number of hydrogen-bond acceptors (Lipinski definition) is 3. The van der Waals surface area contributed by atoms with E-state index in [4.69, 9.17) is 4.74 Å². The van der Waals surface area contributed by atoms with Gasteiger partial charge in [-0.15, -0.1) is 0 Å². The van der Waals surface area contributed by atoms with E-state index in [-0.39, 0.29) is 11.7 Å². The summed E-state index contributed by atoms with van der Waals surface area (Å²) < 4.78 is 43.9. The van der Waals surface area contributed by atoms with Crippen molar-refractivity contribution in [2.45, 2.75) is 25.1 Å². The van der Waals surface area contributed by atoms with Gasteiger partial charge >= 0.3 is 6.18 Å². The number of benzene rings is 2. The maximum Gasteiger partial charge on any atom is 0.416 e. The average molecular weight is 376 g/mol. The highest BCUT2D eigenvalue weighted by atomic mass is 19.4. The van der Waals surface area contributed by atoms with Crippen molar-refractivity contribution in [2.24, 2.45) is 4.99 Å². The number of aliphatic imine (C=N–C) groups is 1. The molecule has 7 heteroatoms. The van der Waals surface area contributed by atoms with Gasteiger partial charge in [0.1, 0.15) is 0 Å². The van der Waals surface area contributed by atoms with Crippen molar-refractivity contribution in [3.8, 4) is 0 Å². The molecule has 3 rings (SSSR count). The topological polar surface area (TPSA) is 41.9 Å². The molecule has 27 heavy (non-hydrogen) atoms. The van der Waals surface area contributed by atoms with Crippen LogP contribution in [0.4, 0.5) is 24.5 Å². The molecule has 142 valence electrons. The van der Waals surface area contributed by atoms with Crippen molar-refractivity contribution in [2.75, 3.05) is 18.1 Å². The number of carbonyl (C=O) groups is 1. The van der Waals surface area contributed by atoms with E-state index in [1.807, 2.05) is 6.07 Å². The predicted octanol–water partition coefficient (Wildman–Crippen LogP) is 4.60. The first-order valence-electron chi connectivity index (χ1n) is 8.61. The van der Waals surface area contributed by atoms with Crippen LogP contribution in [0, 0.1) is 0 Å². The Morgan fingerprint density at radius 2 is 1.81 bits per heavy atom. The van der Waals surface area contributed by atoms with Crippen molar-refractivity contribution in [3.05, 3.63) is 59.7 Å². The summed E-state index contributed by atoms with van der Waals surface area (Å²) in [6, 6.07) is 12.0. The molecule has 1 aliphatic rings. The Labute approximate surface area is 155 Å². The van der Waals surface area contributed by atoms with Gasteiger partial charge in [0.2, 0.25) is 6.41 Å². The van der Waals surface area contributed by atoms with E-state index in [0.717, 1.165) is 31.4 Å². The molecule has 0 aromatic heterocycles. The van der Waals surface area contributed by atoms with Crippen molar-refractivity contribution < 1.29 is 22.7 Å². The molecule has 0 saturated carbocycles. The Hall–Kier alpha value is -2.67.